The molecule has 16 heavy (non-hydrogen) atoms. The second-order valence-electron chi connectivity index (χ2n) is 3.29. The van der Waals surface area contributed by atoms with Gasteiger partial charge in [0.05, 0.1) is 5.69 Å². The van der Waals surface area contributed by atoms with E-state index in [0.29, 0.717) is 17.1 Å². The van der Waals surface area contributed by atoms with Crippen LogP contribution in [0.1, 0.15) is 28.0 Å². The smallest absolute Gasteiger partial charge is 0.270 e. The summed E-state index contributed by atoms with van der Waals surface area (Å²) in [5.74, 6) is 0.302. The zero-order valence-corrected chi connectivity index (χ0v) is 9.76. The predicted octanol–water partition coefficient (Wildman–Crippen LogP) is 1.38. The molecule has 0 saturated heterocycles. The van der Waals surface area contributed by atoms with Gasteiger partial charge in [-0.3, -0.25) is 9.89 Å². The van der Waals surface area contributed by atoms with Crippen LogP contribution in [0.4, 0.5) is 5.82 Å². The van der Waals surface area contributed by atoms with Gasteiger partial charge in [-0.2, -0.15) is 5.10 Å². The first-order valence-corrected chi connectivity index (χ1v) is 5.62. The van der Waals surface area contributed by atoms with Gasteiger partial charge in [0, 0.05) is 11.8 Å². The van der Waals surface area contributed by atoms with Crippen molar-refractivity contribution >= 4 is 23.3 Å². The Labute approximate surface area is 96.2 Å². The minimum absolute atomic E-state index is 0.210. The molecule has 0 aliphatic heterocycles. The minimum Gasteiger partial charge on any atom is -0.304 e. The van der Waals surface area contributed by atoms with Gasteiger partial charge < -0.3 is 5.32 Å². The van der Waals surface area contributed by atoms with E-state index in [1.165, 1.54) is 0 Å². The van der Waals surface area contributed by atoms with Crippen LogP contribution in [0.25, 0.3) is 0 Å². The van der Waals surface area contributed by atoms with Crippen LogP contribution >= 0.6 is 11.5 Å². The maximum absolute atomic E-state index is 11.8. The number of carbonyl (C=O) groups excluding carboxylic acids is 1. The van der Waals surface area contributed by atoms with E-state index < -0.39 is 0 Å². The maximum atomic E-state index is 11.8. The third-order valence-corrected chi connectivity index (χ3v) is 2.81. The predicted molar refractivity (Wildman–Crippen MR) is 60.6 cm³/mol. The molecule has 1 amide bonds. The lowest BCUT2D eigenvalue weighted by Gasteiger charge is -1.98. The molecule has 0 aliphatic rings. The molecule has 0 radical (unpaired) electrons. The Morgan fingerprint density at radius 3 is 3.06 bits per heavy atom. The van der Waals surface area contributed by atoms with Crippen LogP contribution < -0.4 is 5.32 Å². The van der Waals surface area contributed by atoms with Crippen molar-refractivity contribution in [1.82, 2.24) is 19.8 Å². The van der Waals surface area contributed by atoms with E-state index in [0.717, 1.165) is 22.9 Å². The van der Waals surface area contributed by atoms with E-state index >= 15 is 0 Å². The lowest BCUT2D eigenvalue weighted by molar-refractivity contribution is 0.102. The standard InChI is InChI=1S/C9H11N5OS/c1-3-6-8(16-14-12-6)9(15)10-7-4-5(2)11-13-7/h4H,3H2,1-2H3,(H2,10,11,13,15). The largest absolute Gasteiger partial charge is 0.304 e. The molecule has 0 saturated carbocycles. The van der Waals surface area contributed by atoms with Gasteiger partial charge in [0.2, 0.25) is 0 Å². The highest BCUT2D eigenvalue weighted by atomic mass is 32.1. The zero-order chi connectivity index (χ0) is 11.5. The topological polar surface area (TPSA) is 83.6 Å². The number of aromatic amines is 1. The van der Waals surface area contributed by atoms with Crippen LogP contribution in [0.5, 0.6) is 0 Å². The van der Waals surface area contributed by atoms with Crippen molar-refractivity contribution < 1.29 is 4.79 Å². The first-order chi connectivity index (χ1) is 7.70. The van der Waals surface area contributed by atoms with Gasteiger partial charge >= 0.3 is 0 Å². The fraction of sp³-hybridized carbons (Fsp3) is 0.333. The molecule has 0 unspecified atom stereocenters. The fourth-order valence-corrected chi connectivity index (χ4v) is 1.91. The first kappa shape index (κ1) is 10.7. The summed E-state index contributed by atoms with van der Waals surface area (Å²) in [5.41, 5.74) is 1.61. The Morgan fingerprint density at radius 2 is 2.44 bits per heavy atom. The molecular formula is C9H11N5OS. The molecule has 6 nitrogen and oxygen atoms in total. The van der Waals surface area contributed by atoms with E-state index in [1.54, 1.807) is 6.07 Å². The monoisotopic (exact) mass is 237 g/mol. The van der Waals surface area contributed by atoms with Crippen LogP contribution in [0.2, 0.25) is 0 Å². The van der Waals surface area contributed by atoms with Gasteiger partial charge in [-0.25, -0.2) is 0 Å². The summed E-state index contributed by atoms with van der Waals surface area (Å²) >= 11 is 1.10. The summed E-state index contributed by atoms with van der Waals surface area (Å²) in [4.78, 5) is 12.4. The van der Waals surface area contributed by atoms with Gasteiger partial charge in [-0.05, 0) is 24.9 Å². The van der Waals surface area contributed by atoms with Crippen LogP contribution in [-0.4, -0.2) is 25.7 Å². The minimum atomic E-state index is -0.210. The SMILES string of the molecule is CCc1nnsc1C(=O)Nc1cc(C)[nH]n1. The van der Waals surface area contributed by atoms with E-state index in [4.69, 9.17) is 0 Å². The summed E-state index contributed by atoms with van der Waals surface area (Å²) in [6, 6.07) is 1.76. The van der Waals surface area contributed by atoms with Crippen molar-refractivity contribution in [1.29, 1.82) is 0 Å². The van der Waals surface area contributed by atoms with Crippen molar-refractivity contribution in [3.8, 4) is 0 Å². The van der Waals surface area contributed by atoms with Gasteiger partial charge in [0.15, 0.2) is 5.82 Å². The molecular weight excluding hydrogens is 226 g/mol. The van der Waals surface area contributed by atoms with Crippen molar-refractivity contribution in [2.45, 2.75) is 20.3 Å². The van der Waals surface area contributed by atoms with Crippen LogP contribution in [0, 0.1) is 6.92 Å². The van der Waals surface area contributed by atoms with Crippen LogP contribution in [0.3, 0.4) is 0 Å². The van der Waals surface area contributed by atoms with E-state index in [9.17, 15) is 4.79 Å². The molecule has 0 atom stereocenters. The van der Waals surface area contributed by atoms with Crippen LogP contribution in [0.15, 0.2) is 6.07 Å². The number of rotatable bonds is 3. The molecule has 0 bridgehead atoms. The third kappa shape index (κ3) is 2.08. The summed E-state index contributed by atoms with van der Waals surface area (Å²) in [5, 5.41) is 13.3. The van der Waals surface area contributed by atoms with Gasteiger partial charge in [0.1, 0.15) is 4.88 Å². The number of H-pyrrole nitrogens is 1. The lowest BCUT2D eigenvalue weighted by atomic mass is 10.3. The Hall–Kier alpha value is -1.76. The molecule has 2 heterocycles. The van der Waals surface area contributed by atoms with E-state index in [2.05, 4.69) is 25.1 Å². The fourth-order valence-electron chi connectivity index (χ4n) is 1.27. The number of aryl methyl sites for hydroxylation is 2. The average Bonchev–Trinajstić information content (AvgIpc) is 2.86. The number of amides is 1. The highest BCUT2D eigenvalue weighted by Crippen LogP contribution is 2.13. The molecule has 2 aromatic heterocycles. The number of carbonyl (C=O) groups is 1. The molecule has 0 spiro atoms. The Bertz CT molecular complexity index is 503. The average molecular weight is 237 g/mol. The number of nitrogens with zero attached hydrogens (tertiary/aromatic N) is 3. The van der Waals surface area contributed by atoms with Crippen molar-refractivity contribution in [2.75, 3.05) is 5.32 Å². The van der Waals surface area contributed by atoms with Gasteiger partial charge in [0.25, 0.3) is 5.91 Å². The number of hydrogen-bond acceptors (Lipinski definition) is 5. The Kier molecular flexibility index (Phi) is 2.95. The third-order valence-electron chi connectivity index (χ3n) is 2.04. The molecule has 2 aromatic rings. The normalized spacial score (nSPS) is 10.4. The van der Waals surface area contributed by atoms with E-state index in [1.807, 2.05) is 13.8 Å². The molecule has 0 aliphatic carbocycles. The van der Waals surface area contributed by atoms with Gasteiger partial charge in [-0.1, -0.05) is 11.4 Å². The van der Waals surface area contributed by atoms with Crippen LogP contribution in [-0.2, 0) is 6.42 Å². The number of anilines is 1. The molecule has 84 valence electrons. The Morgan fingerprint density at radius 1 is 1.62 bits per heavy atom. The Balaban J connectivity index is 2.14. The second kappa shape index (κ2) is 4.40. The summed E-state index contributed by atoms with van der Waals surface area (Å²) in [6.07, 6.45) is 0.693. The maximum Gasteiger partial charge on any atom is 0.270 e. The van der Waals surface area contributed by atoms with Crippen molar-refractivity contribution in [3.05, 3.63) is 22.3 Å². The second-order valence-corrected chi connectivity index (χ2v) is 4.05. The molecule has 2 N–H and O–H groups in total. The number of hydrogen-bond donors (Lipinski definition) is 2. The molecule has 7 heteroatoms. The number of aromatic nitrogens is 4. The highest BCUT2D eigenvalue weighted by Gasteiger charge is 2.15. The summed E-state index contributed by atoms with van der Waals surface area (Å²) in [7, 11) is 0. The lowest BCUT2D eigenvalue weighted by Crippen LogP contribution is -2.12. The summed E-state index contributed by atoms with van der Waals surface area (Å²) in [6.45, 7) is 3.81. The van der Waals surface area contributed by atoms with Gasteiger partial charge in [-0.15, -0.1) is 5.10 Å². The zero-order valence-electron chi connectivity index (χ0n) is 8.94. The summed E-state index contributed by atoms with van der Waals surface area (Å²) < 4.78 is 3.76. The molecule has 0 fully saturated rings. The highest BCUT2D eigenvalue weighted by molar-refractivity contribution is 7.08. The number of nitrogens with one attached hydrogen (secondary N) is 2. The van der Waals surface area contributed by atoms with Crippen molar-refractivity contribution in [3.63, 3.8) is 0 Å². The van der Waals surface area contributed by atoms with E-state index in [-0.39, 0.29) is 5.91 Å². The first-order valence-electron chi connectivity index (χ1n) is 4.85. The quantitative estimate of drug-likeness (QED) is 0.844. The molecule has 2 rings (SSSR count). The molecule has 0 aromatic carbocycles. The van der Waals surface area contributed by atoms with Crippen molar-refractivity contribution in [2.24, 2.45) is 0 Å².